The molecule has 8 heteroatoms. The standard InChI is InChI=1S/C24H24N4O3S/c1-17-14-25-12-11-22(17)23-16-28(2)27-24(23)19-6-4-5-18(13-19)15-26-32(29,30)21-9-7-20(31-3)8-10-21/h4-14,16,26H,15H2,1-3H3. The largest absolute Gasteiger partial charge is 0.497 e. The zero-order chi connectivity index (χ0) is 22.7. The molecule has 0 spiro atoms. The highest BCUT2D eigenvalue weighted by molar-refractivity contribution is 7.89. The number of nitrogens with one attached hydrogen (secondary N) is 1. The van der Waals surface area contributed by atoms with Gasteiger partial charge in [-0.25, -0.2) is 13.1 Å². The van der Waals surface area contributed by atoms with Crippen molar-refractivity contribution in [2.45, 2.75) is 18.4 Å². The Morgan fingerprint density at radius 3 is 2.56 bits per heavy atom. The van der Waals surface area contributed by atoms with Crippen LogP contribution in [0.15, 0.2) is 78.1 Å². The molecule has 0 atom stereocenters. The molecular weight excluding hydrogens is 424 g/mol. The molecule has 4 rings (SSSR count). The molecule has 164 valence electrons. The van der Waals surface area contributed by atoms with E-state index in [0.717, 1.165) is 33.5 Å². The van der Waals surface area contributed by atoms with Gasteiger partial charge < -0.3 is 4.74 Å². The first kappa shape index (κ1) is 21.7. The molecule has 2 aromatic heterocycles. The normalized spacial score (nSPS) is 11.5. The molecule has 4 aromatic rings. The molecule has 0 bridgehead atoms. The minimum Gasteiger partial charge on any atom is -0.497 e. The van der Waals surface area contributed by atoms with E-state index in [2.05, 4.69) is 14.8 Å². The van der Waals surface area contributed by atoms with Crippen LogP contribution in [-0.4, -0.2) is 30.3 Å². The molecule has 0 fully saturated rings. The number of benzene rings is 2. The second-order valence-electron chi connectivity index (χ2n) is 7.46. The summed E-state index contributed by atoms with van der Waals surface area (Å²) in [6.45, 7) is 2.18. The summed E-state index contributed by atoms with van der Waals surface area (Å²) in [7, 11) is -0.221. The third-order valence-electron chi connectivity index (χ3n) is 5.18. The molecule has 0 aliphatic rings. The van der Waals surface area contributed by atoms with E-state index in [9.17, 15) is 8.42 Å². The summed E-state index contributed by atoms with van der Waals surface area (Å²) in [6, 6.07) is 16.0. The van der Waals surface area contributed by atoms with Crippen LogP contribution in [0.1, 0.15) is 11.1 Å². The van der Waals surface area contributed by atoms with Gasteiger partial charge in [0.05, 0.1) is 12.0 Å². The third kappa shape index (κ3) is 4.56. The molecule has 0 saturated heterocycles. The van der Waals surface area contributed by atoms with Crippen molar-refractivity contribution >= 4 is 10.0 Å². The van der Waals surface area contributed by atoms with Crippen LogP contribution in [0.2, 0.25) is 0 Å². The van der Waals surface area contributed by atoms with Gasteiger partial charge in [-0.1, -0.05) is 18.2 Å². The topological polar surface area (TPSA) is 86.1 Å². The van der Waals surface area contributed by atoms with Crippen LogP contribution in [-0.2, 0) is 23.6 Å². The Balaban J connectivity index is 1.59. The minimum atomic E-state index is -3.65. The second kappa shape index (κ2) is 8.94. The van der Waals surface area contributed by atoms with E-state index in [0.29, 0.717) is 5.75 Å². The number of hydrogen-bond donors (Lipinski definition) is 1. The Labute approximate surface area is 187 Å². The Kier molecular flexibility index (Phi) is 6.07. The summed E-state index contributed by atoms with van der Waals surface area (Å²) in [5, 5.41) is 4.66. The number of ether oxygens (including phenoxy) is 1. The van der Waals surface area contributed by atoms with E-state index in [4.69, 9.17) is 4.74 Å². The summed E-state index contributed by atoms with van der Waals surface area (Å²) >= 11 is 0. The molecule has 2 aromatic carbocycles. The van der Waals surface area contributed by atoms with E-state index in [1.54, 1.807) is 23.0 Å². The van der Waals surface area contributed by atoms with Gasteiger partial charge in [0, 0.05) is 43.3 Å². The Morgan fingerprint density at radius 2 is 1.84 bits per heavy atom. The fraction of sp³-hybridized carbons (Fsp3) is 0.167. The lowest BCUT2D eigenvalue weighted by Crippen LogP contribution is -2.23. The maximum absolute atomic E-state index is 12.7. The van der Waals surface area contributed by atoms with Crippen LogP contribution < -0.4 is 9.46 Å². The quantitative estimate of drug-likeness (QED) is 0.463. The van der Waals surface area contributed by atoms with E-state index >= 15 is 0 Å². The molecular formula is C24H24N4O3S. The number of aromatic nitrogens is 3. The number of pyridine rings is 1. The van der Waals surface area contributed by atoms with Gasteiger partial charge in [0.15, 0.2) is 0 Å². The molecule has 0 aliphatic carbocycles. The predicted molar refractivity (Wildman–Crippen MR) is 124 cm³/mol. The monoisotopic (exact) mass is 448 g/mol. The first-order valence-corrected chi connectivity index (χ1v) is 11.5. The molecule has 32 heavy (non-hydrogen) atoms. The summed E-state index contributed by atoms with van der Waals surface area (Å²) in [4.78, 5) is 4.37. The molecule has 0 amide bonds. The van der Waals surface area contributed by atoms with Crippen molar-refractivity contribution in [1.82, 2.24) is 19.5 Å². The molecule has 1 N–H and O–H groups in total. The van der Waals surface area contributed by atoms with Crippen LogP contribution in [0.3, 0.4) is 0 Å². The summed E-state index contributed by atoms with van der Waals surface area (Å²) < 4.78 is 34.9. The van der Waals surface area contributed by atoms with Gasteiger partial charge in [-0.05, 0) is 60.0 Å². The fourth-order valence-electron chi connectivity index (χ4n) is 3.52. The first-order valence-electron chi connectivity index (χ1n) is 10.0. The molecule has 7 nitrogen and oxygen atoms in total. The summed E-state index contributed by atoms with van der Waals surface area (Å²) in [6.07, 6.45) is 5.58. The first-order chi connectivity index (χ1) is 15.4. The van der Waals surface area contributed by atoms with Gasteiger partial charge in [0.2, 0.25) is 10.0 Å². The minimum absolute atomic E-state index is 0.165. The smallest absolute Gasteiger partial charge is 0.240 e. The van der Waals surface area contributed by atoms with Crippen LogP contribution >= 0.6 is 0 Å². The van der Waals surface area contributed by atoms with Crippen LogP contribution in [0, 0.1) is 6.92 Å². The van der Waals surface area contributed by atoms with Gasteiger partial charge >= 0.3 is 0 Å². The second-order valence-corrected chi connectivity index (χ2v) is 9.22. The highest BCUT2D eigenvalue weighted by atomic mass is 32.2. The molecule has 2 heterocycles. The number of methoxy groups -OCH3 is 1. The molecule has 0 radical (unpaired) electrons. The average molecular weight is 449 g/mol. The van der Waals surface area contributed by atoms with Crippen LogP contribution in [0.4, 0.5) is 0 Å². The average Bonchev–Trinajstić information content (AvgIpc) is 3.20. The maximum Gasteiger partial charge on any atom is 0.240 e. The van der Waals surface area contributed by atoms with Crippen molar-refractivity contribution in [3.8, 4) is 28.1 Å². The number of rotatable bonds is 7. The van der Waals surface area contributed by atoms with Crippen molar-refractivity contribution in [2.75, 3.05) is 7.11 Å². The number of aryl methyl sites for hydroxylation is 2. The lowest BCUT2D eigenvalue weighted by atomic mass is 9.98. The van der Waals surface area contributed by atoms with Gasteiger partial charge in [-0.15, -0.1) is 0 Å². The van der Waals surface area contributed by atoms with Gasteiger partial charge in [0.25, 0.3) is 0 Å². The van der Waals surface area contributed by atoms with Gasteiger partial charge in [-0.2, -0.15) is 5.10 Å². The Hall–Kier alpha value is -3.49. The van der Waals surface area contributed by atoms with E-state index in [1.807, 2.05) is 56.7 Å². The van der Waals surface area contributed by atoms with Crippen molar-refractivity contribution in [3.63, 3.8) is 0 Å². The summed E-state index contributed by atoms with van der Waals surface area (Å²) in [5.41, 5.74) is 5.71. The van der Waals surface area contributed by atoms with E-state index < -0.39 is 10.0 Å². The zero-order valence-corrected chi connectivity index (χ0v) is 18.9. The van der Waals surface area contributed by atoms with E-state index in [1.165, 1.54) is 19.2 Å². The SMILES string of the molecule is COc1ccc(S(=O)(=O)NCc2cccc(-c3nn(C)cc3-c3ccncc3C)c2)cc1. The lowest BCUT2D eigenvalue weighted by molar-refractivity contribution is 0.414. The fourth-order valence-corrected chi connectivity index (χ4v) is 4.54. The van der Waals surface area contributed by atoms with E-state index in [-0.39, 0.29) is 11.4 Å². The van der Waals surface area contributed by atoms with Gasteiger partial charge in [0.1, 0.15) is 11.4 Å². The Bertz CT molecular complexity index is 1350. The Morgan fingerprint density at radius 1 is 1.06 bits per heavy atom. The molecule has 0 saturated carbocycles. The van der Waals surface area contributed by atoms with Crippen LogP contribution in [0.25, 0.3) is 22.4 Å². The highest BCUT2D eigenvalue weighted by Gasteiger charge is 2.16. The zero-order valence-electron chi connectivity index (χ0n) is 18.1. The predicted octanol–water partition coefficient (Wildman–Crippen LogP) is 3.94. The number of hydrogen-bond acceptors (Lipinski definition) is 5. The van der Waals surface area contributed by atoms with Crippen molar-refractivity contribution < 1.29 is 13.2 Å². The van der Waals surface area contributed by atoms with Crippen LogP contribution in [0.5, 0.6) is 5.75 Å². The lowest BCUT2D eigenvalue weighted by Gasteiger charge is -2.10. The van der Waals surface area contributed by atoms with Crippen molar-refractivity contribution in [1.29, 1.82) is 0 Å². The van der Waals surface area contributed by atoms with Crippen molar-refractivity contribution in [3.05, 3.63) is 84.3 Å². The third-order valence-corrected chi connectivity index (χ3v) is 6.59. The molecule has 0 unspecified atom stereocenters. The molecule has 0 aliphatic heterocycles. The van der Waals surface area contributed by atoms with Crippen molar-refractivity contribution in [2.24, 2.45) is 7.05 Å². The maximum atomic E-state index is 12.7. The number of nitrogens with zero attached hydrogens (tertiary/aromatic N) is 3. The summed E-state index contributed by atoms with van der Waals surface area (Å²) in [5.74, 6) is 0.604. The van der Waals surface area contributed by atoms with Gasteiger partial charge in [-0.3, -0.25) is 9.67 Å². The number of sulfonamides is 1. The highest BCUT2D eigenvalue weighted by Crippen LogP contribution is 2.32.